The Hall–Kier alpha value is -2.95. The van der Waals surface area contributed by atoms with Gasteiger partial charge in [0.05, 0.1) is 13.1 Å². The maximum absolute atomic E-state index is 13.8. The maximum atomic E-state index is 13.8. The molecule has 1 fully saturated rings. The van der Waals surface area contributed by atoms with Crippen molar-refractivity contribution in [1.82, 2.24) is 24.6 Å². The van der Waals surface area contributed by atoms with Crippen LogP contribution in [0.5, 0.6) is 0 Å². The summed E-state index contributed by atoms with van der Waals surface area (Å²) in [4.78, 5) is 30.0. The van der Waals surface area contributed by atoms with Gasteiger partial charge in [0, 0.05) is 23.1 Å². The molecule has 1 amide bonds. The third-order valence-corrected chi connectivity index (χ3v) is 5.09. The van der Waals surface area contributed by atoms with Crippen LogP contribution in [-0.4, -0.2) is 49.6 Å². The molecule has 1 aliphatic heterocycles. The number of benzene rings is 1. The summed E-state index contributed by atoms with van der Waals surface area (Å²) in [5.41, 5.74) is -0.747. The Morgan fingerprint density at radius 1 is 1.33 bits per heavy atom. The normalized spacial score (nSPS) is 16.0. The van der Waals surface area contributed by atoms with Crippen LogP contribution in [0.3, 0.4) is 0 Å². The molecular formula is C18H14ClF4N5O2. The van der Waals surface area contributed by atoms with Crippen LogP contribution in [0.15, 0.2) is 29.3 Å². The number of fused-ring (bicyclic) bond motifs is 1. The Bertz CT molecular complexity index is 1210. The predicted molar refractivity (Wildman–Crippen MR) is 99.7 cm³/mol. The molecule has 0 radical (unpaired) electrons. The lowest BCUT2D eigenvalue weighted by atomic mass is 10.0. The Labute approximate surface area is 171 Å². The number of carbonyl (C=O) groups excluding carboxylic acids is 1. The first kappa shape index (κ1) is 20.3. The Kier molecular flexibility index (Phi) is 4.60. The van der Waals surface area contributed by atoms with E-state index in [1.54, 1.807) is 0 Å². The number of hydrogen-bond acceptors (Lipinski definition) is 4. The Morgan fingerprint density at radius 2 is 2.03 bits per heavy atom. The van der Waals surface area contributed by atoms with Gasteiger partial charge in [-0.1, -0.05) is 17.7 Å². The van der Waals surface area contributed by atoms with Gasteiger partial charge in [-0.2, -0.15) is 5.10 Å². The number of nitrogens with one attached hydrogen (secondary N) is 1. The van der Waals surface area contributed by atoms with Crippen molar-refractivity contribution >= 4 is 28.5 Å². The van der Waals surface area contributed by atoms with Gasteiger partial charge in [-0.25, -0.2) is 22.5 Å². The summed E-state index contributed by atoms with van der Waals surface area (Å²) >= 11 is 5.86. The highest BCUT2D eigenvalue weighted by Gasteiger charge is 2.46. The van der Waals surface area contributed by atoms with Gasteiger partial charge in [-0.05, 0) is 12.1 Å². The molecular weight excluding hydrogens is 430 g/mol. The number of nitrogens with zero attached hydrogens (tertiary/aromatic N) is 4. The number of halogens is 5. The van der Waals surface area contributed by atoms with Gasteiger partial charge in [0.2, 0.25) is 5.91 Å². The van der Waals surface area contributed by atoms with Crippen molar-refractivity contribution in [2.75, 3.05) is 13.1 Å². The van der Waals surface area contributed by atoms with Gasteiger partial charge in [0.1, 0.15) is 24.0 Å². The van der Waals surface area contributed by atoms with E-state index in [0.29, 0.717) is 6.92 Å². The average molecular weight is 444 g/mol. The third kappa shape index (κ3) is 3.53. The molecule has 30 heavy (non-hydrogen) atoms. The molecule has 3 aromatic rings. The minimum Gasteiger partial charge on any atom is -0.329 e. The molecule has 158 valence electrons. The van der Waals surface area contributed by atoms with Crippen LogP contribution in [0.4, 0.5) is 17.6 Å². The standard InChI is InChI=1S/C18H14ClF4N5O2/c1-17(20,21)10-4-9(2-3-11(10)19)14-13-15(26-25-14)24-8-27(16(13)30)5-12(29)28-6-18(22,23)7-28/h2-4,8H,5-7H2,1H3,(H,25,26). The number of hydrogen-bond donors (Lipinski definition) is 1. The Balaban J connectivity index is 1.73. The number of aromatic amines is 1. The van der Waals surface area contributed by atoms with Crippen LogP contribution >= 0.6 is 11.6 Å². The van der Waals surface area contributed by atoms with E-state index >= 15 is 0 Å². The minimum absolute atomic E-state index is 0.0214. The molecule has 7 nitrogen and oxygen atoms in total. The van der Waals surface area contributed by atoms with E-state index in [4.69, 9.17) is 11.6 Å². The quantitative estimate of drug-likeness (QED) is 0.628. The molecule has 2 aromatic heterocycles. The van der Waals surface area contributed by atoms with Crippen molar-refractivity contribution < 1.29 is 22.4 Å². The highest BCUT2D eigenvalue weighted by atomic mass is 35.5. The molecule has 0 aliphatic carbocycles. The first-order valence-electron chi connectivity index (χ1n) is 8.73. The van der Waals surface area contributed by atoms with E-state index in [1.165, 1.54) is 12.1 Å². The number of rotatable bonds is 4. The van der Waals surface area contributed by atoms with Gasteiger partial charge in [-0.3, -0.25) is 19.3 Å². The van der Waals surface area contributed by atoms with Crippen molar-refractivity contribution in [3.05, 3.63) is 45.5 Å². The first-order chi connectivity index (χ1) is 14.0. The van der Waals surface area contributed by atoms with E-state index in [0.717, 1.165) is 21.9 Å². The van der Waals surface area contributed by atoms with E-state index in [1.807, 2.05) is 0 Å². The number of alkyl halides is 4. The average Bonchev–Trinajstić information content (AvgIpc) is 3.06. The summed E-state index contributed by atoms with van der Waals surface area (Å²) in [5, 5.41) is 6.38. The molecule has 12 heteroatoms. The second-order valence-electron chi connectivity index (χ2n) is 7.16. The Morgan fingerprint density at radius 3 is 2.67 bits per heavy atom. The molecule has 0 atom stereocenters. The number of carbonyl (C=O) groups is 1. The number of likely N-dealkylation sites (tertiary alicyclic amines) is 1. The van der Waals surface area contributed by atoms with Crippen molar-refractivity contribution in [1.29, 1.82) is 0 Å². The summed E-state index contributed by atoms with van der Waals surface area (Å²) in [6.45, 7) is -1.19. The predicted octanol–water partition coefficient (Wildman–Crippen LogP) is 3.03. The number of amides is 1. The first-order valence-corrected chi connectivity index (χ1v) is 9.11. The third-order valence-electron chi connectivity index (χ3n) is 4.76. The molecule has 3 heterocycles. The van der Waals surface area contributed by atoms with E-state index < -0.39 is 48.5 Å². The second kappa shape index (κ2) is 6.79. The van der Waals surface area contributed by atoms with Crippen LogP contribution in [0, 0.1) is 0 Å². The molecule has 0 bridgehead atoms. The molecule has 0 spiro atoms. The lowest BCUT2D eigenvalue weighted by Crippen LogP contribution is -2.59. The molecule has 0 saturated carbocycles. The lowest BCUT2D eigenvalue weighted by Gasteiger charge is -2.38. The molecule has 0 unspecified atom stereocenters. The summed E-state index contributed by atoms with van der Waals surface area (Å²) in [6, 6.07) is 3.83. The van der Waals surface area contributed by atoms with Gasteiger partial charge in [-0.15, -0.1) is 0 Å². The summed E-state index contributed by atoms with van der Waals surface area (Å²) in [6.07, 6.45) is 1.09. The van der Waals surface area contributed by atoms with Crippen LogP contribution in [0.1, 0.15) is 12.5 Å². The molecule has 1 N–H and O–H groups in total. The molecule has 1 aromatic carbocycles. The van der Waals surface area contributed by atoms with Crippen LogP contribution in [0.25, 0.3) is 22.3 Å². The van der Waals surface area contributed by atoms with Crippen molar-refractivity contribution in [2.45, 2.75) is 25.3 Å². The van der Waals surface area contributed by atoms with Crippen LogP contribution < -0.4 is 5.56 Å². The summed E-state index contributed by atoms with van der Waals surface area (Å²) < 4.78 is 54.5. The van der Waals surface area contributed by atoms with Crippen molar-refractivity contribution in [3.63, 3.8) is 0 Å². The zero-order chi connectivity index (χ0) is 21.8. The fourth-order valence-electron chi connectivity index (χ4n) is 3.22. The van der Waals surface area contributed by atoms with Crippen LogP contribution in [-0.2, 0) is 17.3 Å². The molecule has 1 saturated heterocycles. The van der Waals surface area contributed by atoms with Crippen LogP contribution in [0.2, 0.25) is 5.02 Å². The molecule has 4 rings (SSSR count). The zero-order valence-electron chi connectivity index (χ0n) is 15.4. The van der Waals surface area contributed by atoms with Gasteiger partial charge in [0.25, 0.3) is 17.4 Å². The topological polar surface area (TPSA) is 83.9 Å². The van der Waals surface area contributed by atoms with Gasteiger partial charge >= 0.3 is 0 Å². The van der Waals surface area contributed by atoms with Gasteiger partial charge in [0.15, 0.2) is 5.65 Å². The highest BCUT2D eigenvalue weighted by Crippen LogP contribution is 2.36. The van der Waals surface area contributed by atoms with E-state index in [9.17, 15) is 27.2 Å². The lowest BCUT2D eigenvalue weighted by molar-refractivity contribution is -0.166. The molecule has 1 aliphatic rings. The second-order valence-corrected chi connectivity index (χ2v) is 7.57. The highest BCUT2D eigenvalue weighted by molar-refractivity contribution is 6.31. The summed E-state index contributed by atoms with van der Waals surface area (Å²) in [7, 11) is 0. The smallest absolute Gasteiger partial charge is 0.282 e. The van der Waals surface area contributed by atoms with E-state index in [-0.39, 0.29) is 27.3 Å². The van der Waals surface area contributed by atoms with Crippen molar-refractivity contribution in [2.24, 2.45) is 0 Å². The fourth-order valence-corrected chi connectivity index (χ4v) is 3.50. The van der Waals surface area contributed by atoms with Gasteiger partial charge < -0.3 is 4.90 Å². The van der Waals surface area contributed by atoms with Crippen molar-refractivity contribution in [3.8, 4) is 11.3 Å². The fraction of sp³-hybridized carbons (Fsp3) is 0.333. The minimum atomic E-state index is -3.22. The van der Waals surface area contributed by atoms with E-state index in [2.05, 4.69) is 15.2 Å². The number of H-pyrrole nitrogens is 1. The largest absolute Gasteiger partial charge is 0.329 e. The number of aromatic nitrogens is 4. The summed E-state index contributed by atoms with van der Waals surface area (Å²) in [5.74, 6) is -6.80. The zero-order valence-corrected chi connectivity index (χ0v) is 16.2. The maximum Gasteiger partial charge on any atom is 0.282 e. The SMILES string of the molecule is CC(F)(F)c1cc(-c2n[nH]c3ncn(CC(=O)N4CC(F)(F)C4)c(=O)c23)ccc1Cl. The monoisotopic (exact) mass is 443 g/mol.